The minimum atomic E-state index is -3.73. The smallest absolute Gasteiger partial charge is 0.260 e. The van der Waals surface area contributed by atoms with Crippen LogP contribution >= 0.6 is 11.3 Å². The lowest BCUT2D eigenvalue weighted by atomic mass is 10.0. The number of nitrogens with zero attached hydrogens (tertiary/aromatic N) is 5. The van der Waals surface area contributed by atoms with Gasteiger partial charge in [-0.25, -0.2) is 17.8 Å². The number of sulfonamides is 1. The van der Waals surface area contributed by atoms with Crippen molar-refractivity contribution in [2.45, 2.75) is 24.4 Å². The maximum Gasteiger partial charge on any atom is 0.260 e. The van der Waals surface area contributed by atoms with Crippen molar-refractivity contribution >= 4 is 42.6 Å². The van der Waals surface area contributed by atoms with Crippen LogP contribution in [0.3, 0.4) is 0 Å². The van der Waals surface area contributed by atoms with Crippen LogP contribution in [-0.2, 0) is 29.5 Å². The SMILES string of the molecule is O=C(c1ccc(S(=O)(=O)N2CCc3ccccc3C2)cc1)N(CCn1cccn1)c1nc2ccc(F)cc2s1. The third kappa shape index (κ3) is 5.08. The summed E-state index contributed by atoms with van der Waals surface area (Å²) in [6.07, 6.45) is 4.12. The van der Waals surface area contributed by atoms with E-state index in [0.717, 1.165) is 11.1 Å². The number of amides is 1. The fourth-order valence-corrected chi connectivity index (χ4v) is 7.10. The number of hydrogen-bond donors (Lipinski definition) is 0. The van der Waals surface area contributed by atoms with Crippen molar-refractivity contribution in [3.05, 3.63) is 108 Å². The summed E-state index contributed by atoms with van der Waals surface area (Å²) in [5.74, 6) is -0.710. The number of hydrogen-bond acceptors (Lipinski definition) is 6. The summed E-state index contributed by atoms with van der Waals surface area (Å²) in [7, 11) is -3.73. The van der Waals surface area contributed by atoms with Crippen LogP contribution < -0.4 is 4.90 Å². The highest BCUT2D eigenvalue weighted by molar-refractivity contribution is 7.89. The van der Waals surface area contributed by atoms with E-state index in [1.54, 1.807) is 29.2 Å². The monoisotopic (exact) mass is 561 g/mol. The van der Waals surface area contributed by atoms with Gasteiger partial charge < -0.3 is 0 Å². The van der Waals surface area contributed by atoms with Crippen LogP contribution in [0.2, 0.25) is 0 Å². The molecule has 5 aromatic rings. The van der Waals surface area contributed by atoms with E-state index in [1.807, 2.05) is 24.3 Å². The van der Waals surface area contributed by atoms with Gasteiger partial charge in [-0.1, -0.05) is 35.6 Å². The maximum atomic E-state index is 13.8. The Hall–Kier alpha value is -3.93. The number of anilines is 1. The van der Waals surface area contributed by atoms with Gasteiger partial charge in [-0.05, 0) is 66.1 Å². The average Bonchev–Trinajstić information content (AvgIpc) is 3.63. The van der Waals surface area contributed by atoms with Gasteiger partial charge in [0, 0.05) is 37.6 Å². The fourth-order valence-electron chi connectivity index (χ4n) is 4.67. The van der Waals surface area contributed by atoms with Crippen LogP contribution in [0.15, 0.2) is 90.1 Å². The summed E-state index contributed by atoms with van der Waals surface area (Å²) < 4.78 is 44.3. The molecular weight excluding hydrogens is 537 g/mol. The van der Waals surface area contributed by atoms with Gasteiger partial charge in [0.1, 0.15) is 5.82 Å². The second-order valence-electron chi connectivity index (χ2n) is 9.22. The van der Waals surface area contributed by atoms with E-state index in [0.29, 0.717) is 47.0 Å². The van der Waals surface area contributed by atoms with Crippen molar-refractivity contribution in [2.75, 3.05) is 18.0 Å². The molecule has 0 N–H and O–H groups in total. The summed E-state index contributed by atoms with van der Waals surface area (Å²) in [6.45, 7) is 1.42. The first-order valence-corrected chi connectivity index (χ1v) is 14.7. The molecule has 0 saturated heterocycles. The molecule has 0 unspecified atom stereocenters. The Morgan fingerprint density at radius 2 is 1.82 bits per heavy atom. The van der Waals surface area contributed by atoms with E-state index in [4.69, 9.17) is 0 Å². The quantitative estimate of drug-likeness (QED) is 0.287. The number of carbonyl (C=O) groups is 1. The number of rotatable bonds is 7. The van der Waals surface area contributed by atoms with Crippen LogP contribution in [0.25, 0.3) is 10.2 Å². The predicted molar refractivity (Wildman–Crippen MR) is 148 cm³/mol. The molecular formula is C28H24FN5O3S2. The summed E-state index contributed by atoms with van der Waals surface area (Å²) in [4.78, 5) is 19.9. The Morgan fingerprint density at radius 3 is 2.59 bits per heavy atom. The second kappa shape index (κ2) is 10.3. The van der Waals surface area contributed by atoms with Crippen molar-refractivity contribution in [3.63, 3.8) is 0 Å². The molecule has 8 nitrogen and oxygen atoms in total. The van der Waals surface area contributed by atoms with Gasteiger partial charge in [0.05, 0.1) is 21.7 Å². The van der Waals surface area contributed by atoms with E-state index in [2.05, 4.69) is 10.1 Å². The molecule has 3 heterocycles. The first kappa shape index (κ1) is 25.4. The molecule has 0 fully saturated rings. The molecule has 2 aromatic heterocycles. The number of carbonyl (C=O) groups excluding carboxylic acids is 1. The largest absolute Gasteiger partial charge is 0.282 e. The molecule has 1 amide bonds. The third-order valence-corrected chi connectivity index (χ3v) is 9.66. The molecule has 0 atom stereocenters. The summed E-state index contributed by atoms with van der Waals surface area (Å²) in [5, 5.41) is 4.63. The van der Waals surface area contributed by atoms with Gasteiger partial charge in [-0.15, -0.1) is 0 Å². The number of thiazole rings is 1. The molecule has 0 spiro atoms. The Balaban J connectivity index is 1.26. The highest BCUT2D eigenvalue weighted by Gasteiger charge is 2.29. The van der Waals surface area contributed by atoms with Gasteiger partial charge >= 0.3 is 0 Å². The third-order valence-electron chi connectivity index (χ3n) is 6.76. The molecule has 1 aliphatic heterocycles. The highest BCUT2D eigenvalue weighted by Crippen LogP contribution is 2.31. The van der Waals surface area contributed by atoms with Crippen molar-refractivity contribution in [3.8, 4) is 0 Å². The Morgan fingerprint density at radius 1 is 1.03 bits per heavy atom. The van der Waals surface area contributed by atoms with E-state index in [1.165, 1.54) is 56.9 Å². The van der Waals surface area contributed by atoms with Gasteiger partial charge in [0.15, 0.2) is 5.13 Å². The zero-order valence-electron chi connectivity index (χ0n) is 20.8. The maximum absolute atomic E-state index is 13.8. The van der Waals surface area contributed by atoms with Crippen molar-refractivity contribution in [1.82, 2.24) is 19.1 Å². The van der Waals surface area contributed by atoms with Crippen molar-refractivity contribution in [1.29, 1.82) is 0 Å². The molecule has 39 heavy (non-hydrogen) atoms. The van der Waals surface area contributed by atoms with Crippen LogP contribution in [0.5, 0.6) is 0 Å². The minimum Gasteiger partial charge on any atom is -0.282 e. The molecule has 198 valence electrons. The standard InChI is InChI=1S/C28H24FN5O3S2/c29-23-8-11-25-26(18-23)38-28(31-25)34(17-16-32-14-3-13-30-32)27(35)21-6-9-24(10-7-21)39(36,37)33-15-12-20-4-1-2-5-22(20)19-33/h1-11,13-14,18H,12,15-17,19H2. The van der Waals surface area contributed by atoms with E-state index < -0.39 is 10.0 Å². The van der Waals surface area contributed by atoms with E-state index in [9.17, 15) is 17.6 Å². The summed E-state index contributed by atoms with van der Waals surface area (Å²) in [6, 6.07) is 20.0. The summed E-state index contributed by atoms with van der Waals surface area (Å²) >= 11 is 1.22. The van der Waals surface area contributed by atoms with E-state index in [-0.39, 0.29) is 23.2 Å². The van der Waals surface area contributed by atoms with Crippen molar-refractivity contribution < 1.29 is 17.6 Å². The molecule has 0 saturated carbocycles. The lowest BCUT2D eigenvalue weighted by molar-refractivity contribution is 0.0985. The zero-order chi connectivity index (χ0) is 27.0. The molecule has 0 aliphatic carbocycles. The first-order valence-electron chi connectivity index (χ1n) is 12.4. The lowest BCUT2D eigenvalue weighted by Gasteiger charge is -2.28. The van der Waals surface area contributed by atoms with Crippen LogP contribution in [0.1, 0.15) is 21.5 Å². The predicted octanol–water partition coefficient (Wildman–Crippen LogP) is 4.73. The molecule has 1 aliphatic rings. The van der Waals surface area contributed by atoms with Crippen LogP contribution in [0, 0.1) is 5.82 Å². The molecule has 6 rings (SSSR count). The number of fused-ring (bicyclic) bond motifs is 2. The Labute approximate surface area is 229 Å². The minimum absolute atomic E-state index is 0.136. The molecule has 11 heteroatoms. The van der Waals surface area contributed by atoms with Gasteiger partial charge in [0.2, 0.25) is 10.0 Å². The number of benzene rings is 3. The topological polar surface area (TPSA) is 88.4 Å². The van der Waals surface area contributed by atoms with Crippen molar-refractivity contribution in [2.24, 2.45) is 0 Å². The van der Waals surface area contributed by atoms with Gasteiger partial charge in [0.25, 0.3) is 5.91 Å². The highest BCUT2D eigenvalue weighted by atomic mass is 32.2. The molecule has 0 bridgehead atoms. The Kier molecular flexibility index (Phi) is 6.71. The number of halogens is 1. The summed E-state index contributed by atoms with van der Waals surface area (Å²) in [5.41, 5.74) is 3.09. The second-order valence-corrected chi connectivity index (χ2v) is 12.2. The Bertz CT molecular complexity index is 1750. The van der Waals surface area contributed by atoms with Crippen LogP contribution in [0.4, 0.5) is 9.52 Å². The van der Waals surface area contributed by atoms with Gasteiger partial charge in [-0.2, -0.15) is 9.40 Å². The average molecular weight is 562 g/mol. The van der Waals surface area contributed by atoms with Crippen LogP contribution in [-0.4, -0.2) is 46.5 Å². The first-order chi connectivity index (χ1) is 18.9. The lowest BCUT2D eigenvalue weighted by Crippen LogP contribution is -2.36. The van der Waals surface area contributed by atoms with E-state index >= 15 is 0 Å². The molecule has 3 aromatic carbocycles. The zero-order valence-corrected chi connectivity index (χ0v) is 22.4. The van der Waals surface area contributed by atoms with Gasteiger partial charge in [-0.3, -0.25) is 14.4 Å². The normalized spacial score (nSPS) is 13.9. The fraction of sp³-hybridized carbons (Fsp3) is 0.179. The number of aromatic nitrogens is 3. The molecule has 0 radical (unpaired) electrons.